The molecule has 128 valence electrons. The van der Waals surface area contributed by atoms with Crippen LogP contribution in [-0.2, 0) is 14.0 Å². The lowest BCUT2D eigenvalue weighted by molar-refractivity contribution is -0.143. The van der Waals surface area contributed by atoms with Crippen molar-refractivity contribution in [2.45, 2.75) is 57.8 Å². The minimum absolute atomic E-state index is 0.0622. The molecule has 2 fully saturated rings. The number of ether oxygens (including phenoxy) is 1. The van der Waals surface area contributed by atoms with Gasteiger partial charge in [-0.05, 0) is 42.8 Å². The fraction of sp³-hybridized carbons (Fsp3) is 0.737. The van der Waals surface area contributed by atoms with Gasteiger partial charge in [0, 0.05) is 5.41 Å². The smallest absolute Gasteiger partial charge is 0.312 e. The number of carbonyl (C=O) groups is 1. The van der Waals surface area contributed by atoms with Crippen LogP contribution in [0.1, 0.15) is 33.6 Å². The average Bonchev–Trinajstić information content (AvgIpc) is 2.97. The van der Waals surface area contributed by atoms with E-state index in [2.05, 4.69) is 52.6 Å². The lowest BCUT2D eigenvalue weighted by atomic mass is 9.65. The Balaban J connectivity index is 1.92. The van der Waals surface area contributed by atoms with E-state index in [1.165, 1.54) is 0 Å². The Labute approximate surface area is 141 Å². The Morgan fingerprint density at radius 2 is 2.09 bits per heavy atom. The largest absolute Gasteiger partial charge is 0.465 e. The van der Waals surface area contributed by atoms with Crippen molar-refractivity contribution < 1.29 is 14.0 Å². The Hall–Kier alpha value is -0.873. The van der Waals surface area contributed by atoms with E-state index in [-0.39, 0.29) is 28.4 Å². The van der Waals surface area contributed by atoms with Crippen molar-refractivity contribution in [1.29, 1.82) is 0 Å². The monoisotopic (exact) mass is 334 g/mol. The van der Waals surface area contributed by atoms with Crippen LogP contribution in [0.5, 0.6) is 0 Å². The quantitative estimate of drug-likeness (QED) is 0.438. The van der Waals surface area contributed by atoms with Crippen LogP contribution in [0, 0.1) is 23.2 Å². The first-order valence-corrected chi connectivity index (χ1v) is 11.7. The molecule has 1 aliphatic heterocycles. The number of allylic oxidation sites excluding steroid dienone is 2. The highest BCUT2D eigenvalue weighted by Crippen LogP contribution is 2.59. The summed E-state index contributed by atoms with van der Waals surface area (Å²) in [5, 5.41) is 0.132. The first-order valence-electron chi connectivity index (χ1n) is 8.76. The molecule has 2 aliphatic carbocycles. The van der Waals surface area contributed by atoms with Crippen molar-refractivity contribution in [3.63, 3.8) is 0 Å². The molecule has 0 bridgehead atoms. The third-order valence-corrected chi connectivity index (χ3v) is 11.2. The SMILES string of the molecule is C=C[C@@H]1C[C@@H]2C=C[C@H](O[Si](C)(C)C(C)(C)C)[C@@H]3C(=O)OC[C@@]23C1. The summed E-state index contributed by atoms with van der Waals surface area (Å²) < 4.78 is 12.2. The van der Waals surface area contributed by atoms with Gasteiger partial charge in [0.15, 0.2) is 8.32 Å². The molecule has 3 aliphatic rings. The van der Waals surface area contributed by atoms with Crippen molar-refractivity contribution >= 4 is 14.3 Å². The maximum atomic E-state index is 12.5. The van der Waals surface area contributed by atoms with Crippen LogP contribution in [0.15, 0.2) is 24.8 Å². The lowest BCUT2D eigenvalue weighted by Gasteiger charge is -2.44. The predicted molar refractivity (Wildman–Crippen MR) is 94.5 cm³/mol. The van der Waals surface area contributed by atoms with Gasteiger partial charge in [-0.3, -0.25) is 4.79 Å². The molecule has 3 nitrogen and oxygen atoms in total. The fourth-order valence-electron chi connectivity index (χ4n) is 4.32. The van der Waals surface area contributed by atoms with Gasteiger partial charge >= 0.3 is 5.97 Å². The summed E-state index contributed by atoms with van der Waals surface area (Å²) in [6.07, 6.45) is 8.43. The second-order valence-electron chi connectivity index (χ2n) is 9.09. The first kappa shape index (κ1) is 17.0. The lowest BCUT2D eigenvalue weighted by Crippen LogP contribution is -2.51. The van der Waals surface area contributed by atoms with Crippen LogP contribution in [0.4, 0.5) is 0 Å². The first-order chi connectivity index (χ1) is 10.6. The Bertz CT molecular complexity index is 545. The summed E-state index contributed by atoms with van der Waals surface area (Å²) >= 11 is 0. The zero-order chi connectivity index (χ0) is 17.0. The van der Waals surface area contributed by atoms with E-state index < -0.39 is 8.32 Å². The summed E-state index contributed by atoms with van der Waals surface area (Å²) in [5.41, 5.74) is -0.0717. The molecule has 0 aromatic carbocycles. The van der Waals surface area contributed by atoms with E-state index in [9.17, 15) is 4.79 Å². The van der Waals surface area contributed by atoms with Gasteiger partial charge in [-0.25, -0.2) is 0 Å². The van der Waals surface area contributed by atoms with Crippen LogP contribution in [-0.4, -0.2) is 27.0 Å². The molecule has 0 N–H and O–H groups in total. The van der Waals surface area contributed by atoms with E-state index in [1.54, 1.807) is 0 Å². The van der Waals surface area contributed by atoms with Crippen molar-refractivity contribution in [2.75, 3.05) is 6.61 Å². The topological polar surface area (TPSA) is 35.5 Å². The second kappa shape index (κ2) is 5.32. The fourth-order valence-corrected chi connectivity index (χ4v) is 5.57. The van der Waals surface area contributed by atoms with Crippen LogP contribution in [0.3, 0.4) is 0 Å². The average molecular weight is 335 g/mol. The van der Waals surface area contributed by atoms with Crippen LogP contribution in [0.25, 0.3) is 0 Å². The molecular weight excluding hydrogens is 304 g/mol. The number of hydrogen-bond acceptors (Lipinski definition) is 3. The van der Waals surface area contributed by atoms with Gasteiger partial charge < -0.3 is 9.16 Å². The van der Waals surface area contributed by atoms with Crippen molar-refractivity contribution in [1.82, 2.24) is 0 Å². The minimum Gasteiger partial charge on any atom is -0.465 e. The molecule has 23 heavy (non-hydrogen) atoms. The number of cyclic esters (lactones) is 1. The summed E-state index contributed by atoms with van der Waals surface area (Å²) in [7, 11) is -1.93. The van der Waals surface area contributed by atoms with E-state index in [1.807, 2.05) is 6.08 Å². The van der Waals surface area contributed by atoms with E-state index in [4.69, 9.17) is 9.16 Å². The highest BCUT2D eigenvalue weighted by atomic mass is 28.4. The summed E-state index contributed by atoms with van der Waals surface area (Å²) in [6.45, 7) is 15.7. The molecule has 3 rings (SSSR count). The van der Waals surface area contributed by atoms with Gasteiger partial charge in [-0.1, -0.05) is 39.0 Å². The van der Waals surface area contributed by atoms with Crippen molar-refractivity contribution in [3.05, 3.63) is 24.8 Å². The molecular formula is C19H30O3Si. The summed E-state index contributed by atoms with van der Waals surface area (Å²) in [4.78, 5) is 12.5. The van der Waals surface area contributed by atoms with Gasteiger partial charge in [0.1, 0.15) is 0 Å². The van der Waals surface area contributed by atoms with Crippen LogP contribution in [0.2, 0.25) is 18.1 Å². The molecule has 0 radical (unpaired) electrons. The van der Waals surface area contributed by atoms with Gasteiger partial charge in [0.05, 0.1) is 18.6 Å². The van der Waals surface area contributed by atoms with Gasteiger partial charge in [-0.2, -0.15) is 0 Å². The van der Waals surface area contributed by atoms with Gasteiger partial charge in [0.25, 0.3) is 0 Å². The molecule has 1 saturated heterocycles. The Kier molecular flexibility index (Phi) is 3.92. The summed E-state index contributed by atoms with van der Waals surface area (Å²) in [5.74, 6) is 0.693. The Morgan fingerprint density at radius 1 is 1.39 bits per heavy atom. The third kappa shape index (κ3) is 2.54. The van der Waals surface area contributed by atoms with Crippen LogP contribution >= 0.6 is 0 Å². The minimum atomic E-state index is -1.93. The molecule has 4 heteroatoms. The Morgan fingerprint density at radius 3 is 2.70 bits per heavy atom. The number of esters is 1. The van der Waals surface area contributed by atoms with Gasteiger partial charge in [0.2, 0.25) is 0 Å². The normalized spacial score (nSPS) is 39.8. The van der Waals surface area contributed by atoms with E-state index in [0.717, 1.165) is 12.8 Å². The molecule has 0 amide bonds. The number of rotatable bonds is 3. The molecule has 1 saturated carbocycles. The second-order valence-corrected chi connectivity index (χ2v) is 13.8. The highest BCUT2D eigenvalue weighted by Gasteiger charge is 2.62. The molecule has 0 unspecified atom stereocenters. The maximum Gasteiger partial charge on any atom is 0.312 e. The molecule has 1 spiro atoms. The van der Waals surface area contributed by atoms with Crippen molar-refractivity contribution in [2.24, 2.45) is 23.2 Å². The molecule has 0 aromatic heterocycles. The highest BCUT2D eigenvalue weighted by molar-refractivity contribution is 6.74. The molecule has 0 aromatic rings. The van der Waals surface area contributed by atoms with Gasteiger partial charge in [-0.15, -0.1) is 6.58 Å². The maximum absolute atomic E-state index is 12.5. The standard InChI is InChI=1S/C19H30O3Si/c1-7-13-10-14-8-9-15(22-23(5,6)18(2,3)4)16-17(20)21-12-19(14,16)11-13/h7-9,13-16H,1,10-12H2,2-6H3/t13-,14+,15+,16-,19+/m1/s1. The predicted octanol–water partition coefficient (Wildman–Crippen LogP) is 4.32. The third-order valence-electron chi connectivity index (χ3n) is 6.73. The van der Waals surface area contributed by atoms with E-state index >= 15 is 0 Å². The summed E-state index contributed by atoms with van der Waals surface area (Å²) in [6, 6.07) is 0. The number of hydrogen-bond donors (Lipinski definition) is 0. The molecule has 1 heterocycles. The van der Waals surface area contributed by atoms with Crippen LogP contribution < -0.4 is 0 Å². The van der Waals surface area contributed by atoms with E-state index in [0.29, 0.717) is 18.4 Å². The zero-order valence-corrected chi connectivity index (χ0v) is 16.1. The zero-order valence-electron chi connectivity index (χ0n) is 15.1. The molecule has 5 atom stereocenters. The number of carbonyl (C=O) groups excluding carboxylic acids is 1. The van der Waals surface area contributed by atoms with Crippen molar-refractivity contribution in [3.8, 4) is 0 Å².